The van der Waals surface area contributed by atoms with Gasteiger partial charge in [0.25, 0.3) is 5.69 Å². The Balaban J connectivity index is 1.94. The summed E-state index contributed by atoms with van der Waals surface area (Å²) in [6, 6.07) is 3.18. The summed E-state index contributed by atoms with van der Waals surface area (Å²) in [5, 5.41) is 10.8. The van der Waals surface area contributed by atoms with Crippen LogP contribution in [0.5, 0.6) is 5.75 Å². The van der Waals surface area contributed by atoms with E-state index in [4.69, 9.17) is 9.47 Å². The third-order valence-electron chi connectivity index (χ3n) is 3.77. The lowest BCUT2D eigenvalue weighted by Crippen LogP contribution is -2.44. The van der Waals surface area contributed by atoms with Crippen molar-refractivity contribution in [2.45, 2.75) is 39.2 Å². The van der Waals surface area contributed by atoms with Gasteiger partial charge in [-0.3, -0.25) is 10.1 Å². The van der Waals surface area contributed by atoms with E-state index in [1.54, 1.807) is 25.7 Å². The van der Waals surface area contributed by atoms with E-state index in [1.165, 1.54) is 0 Å². The molecule has 1 aromatic carbocycles. The third-order valence-corrected chi connectivity index (χ3v) is 3.77. The van der Waals surface area contributed by atoms with Crippen LogP contribution in [-0.2, 0) is 4.74 Å². The standard InChI is InChI=1S/C17H23FN2O5/c1-17(2,3)25-16(21)19-8-4-5-12(10-19)11-24-15-9-13(20(22)23)6-7-14(15)18/h6-7,9,12H,4-5,8,10-11H2,1-3H3. The summed E-state index contributed by atoms with van der Waals surface area (Å²) in [5.74, 6) is -0.783. The molecule has 2 rings (SSSR count). The van der Waals surface area contributed by atoms with Gasteiger partial charge in [0.05, 0.1) is 17.6 Å². The van der Waals surface area contributed by atoms with E-state index in [0.29, 0.717) is 13.1 Å². The molecule has 1 unspecified atom stereocenters. The normalized spacial score (nSPS) is 17.9. The summed E-state index contributed by atoms with van der Waals surface area (Å²) in [6.07, 6.45) is 1.25. The lowest BCUT2D eigenvalue weighted by molar-refractivity contribution is -0.385. The Morgan fingerprint density at radius 1 is 1.44 bits per heavy atom. The van der Waals surface area contributed by atoms with E-state index < -0.39 is 16.3 Å². The number of non-ortho nitro benzene ring substituents is 1. The smallest absolute Gasteiger partial charge is 0.410 e. The fraction of sp³-hybridized carbons (Fsp3) is 0.588. The third kappa shape index (κ3) is 5.58. The van der Waals surface area contributed by atoms with Gasteiger partial charge in [-0.25, -0.2) is 9.18 Å². The monoisotopic (exact) mass is 354 g/mol. The van der Waals surface area contributed by atoms with Crippen LogP contribution in [0, 0.1) is 21.8 Å². The van der Waals surface area contributed by atoms with Gasteiger partial charge in [-0.15, -0.1) is 0 Å². The fourth-order valence-electron chi connectivity index (χ4n) is 2.62. The molecule has 1 fully saturated rings. The Kier molecular flexibility index (Phi) is 5.81. The Labute approximate surface area is 145 Å². The number of piperidine rings is 1. The van der Waals surface area contributed by atoms with Crippen molar-refractivity contribution in [1.29, 1.82) is 0 Å². The molecule has 0 radical (unpaired) electrons. The van der Waals surface area contributed by atoms with E-state index in [1.807, 2.05) is 0 Å². The molecule has 1 aliphatic rings. The lowest BCUT2D eigenvalue weighted by Gasteiger charge is -2.34. The molecule has 0 aliphatic carbocycles. The van der Waals surface area contributed by atoms with Crippen molar-refractivity contribution in [3.05, 3.63) is 34.1 Å². The number of ether oxygens (including phenoxy) is 2. The molecular weight excluding hydrogens is 331 g/mol. The van der Waals surface area contributed by atoms with Crippen molar-refractivity contribution in [3.8, 4) is 5.75 Å². The number of hydrogen-bond donors (Lipinski definition) is 0. The summed E-state index contributed by atoms with van der Waals surface area (Å²) >= 11 is 0. The molecule has 1 atom stereocenters. The van der Waals surface area contributed by atoms with Crippen LogP contribution in [0.2, 0.25) is 0 Å². The first-order valence-electron chi connectivity index (χ1n) is 8.20. The molecule has 25 heavy (non-hydrogen) atoms. The predicted octanol–water partition coefficient (Wildman–Crippen LogP) is 3.76. The van der Waals surface area contributed by atoms with E-state index >= 15 is 0 Å². The first-order valence-corrected chi connectivity index (χ1v) is 8.20. The van der Waals surface area contributed by atoms with E-state index in [-0.39, 0.29) is 30.1 Å². The summed E-state index contributed by atoms with van der Waals surface area (Å²) in [4.78, 5) is 23.9. The maximum absolute atomic E-state index is 13.7. The number of hydrogen-bond acceptors (Lipinski definition) is 5. The van der Waals surface area contributed by atoms with Crippen LogP contribution in [0.25, 0.3) is 0 Å². The first-order chi connectivity index (χ1) is 11.7. The number of rotatable bonds is 4. The maximum Gasteiger partial charge on any atom is 0.410 e. The number of carbonyl (C=O) groups is 1. The van der Waals surface area contributed by atoms with Gasteiger partial charge in [-0.05, 0) is 39.7 Å². The summed E-state index contributed by atoms with van der Waals surface area (Å²) in [5.41, 5.74) is -0.789. The molecule has 1 saturated heterocycles. The highest BCUT2D eigenvalue weighted by molar-refractivity contribution is 5.68. The molecule has 7 nitrogen and oxygen atoms in total. The molecule has 138 valence electrons. The van der Waals surface area contributed by atoms with Crippen molar-refractivity contribution in [1.82, 2.24) is 4.90 Å². The highest BCUT2D eigenvalue weighted by Gasteiger charge is 2.28. The summed E-state index contributed by atoms with van der Waals surface area (Å²) < 4.78 is 24.5. The van der Waals surface area contributed by atoms with Crippen LogP contribution >= 0.6 is 0 Å². The van der Waals surface area contributed by atoms with E-state index in [2.05, 4.69) is 0 Å². The average molecular weight is 354 g/mol. The summed E-state index contributed by atoms with van der Waals surface area (Å²) in [7, 11) is 0. The number of likely N-dealkylation sites (tertiary alicyclic amines) is 1. The molecule has 1 aromatic rings. The molecule has 0 bridgehead atoms. The molecule has 0 aromatic heterocycles. The number of nitrogens with zero attached hydrogens (tertiary/aromatic N) is 2. The second-order valence-electron chi connectivity index (χ2n) is 7.12. The second-order valence-corrected chi connectivity index (χ2v) is 7.12. The van der Waals surface area contributed by atoms with Gasteiger partial charge < -0.3 is 14.4 Å². The molecule has 0 N–H and O–H groups in total. The molecule has 1 heterocycles. The zero-order valence-electron chi connectivity index (χ0n) is 14.7. The first kappa shape index (κ1) is 19.0. The number of amides is 1. The Morgan fingerprint density at radius 3 is 2.80 bits per heavy atom. The molecule has 8 heteroatoms. The van der Waals surface area contributed by atoms with Crippen molar-refractivity contribution >= 4 is 11.8 Å². The van der Waals surface area contributed by atoms with E-state index in [0.717, 1.165) is 31.0 Å². The lowest BCUT2D eigenvalue weighted by atomic mass is 9.99. The van der Waals surface area contributed by atoms with Crippen LogP contribution in [0.1, 0.15) is 33.6 Å². The molecule has 0 saturated carbocycles. The topological polar surface area (TPSA) is 81.9 Å². The fourth-order valence-corrected chi connectivity index (χ4v) is 2.62. The van der Waals surface area contributed by atoms with Crippen molar-refractivity contribution in [2.75, 3.05) is 19.7 Å². The second kappa shape index (κ2) is 7.67. The van der Waals surface area contributed by atoms with Gasteiger partial charge in [0.2, 0.25) is 0 Å². The number of halogens is 1. The van der Waals surface area contributed by atoms with Crippen molar-refractivity contribution in [2.24, 2.45) is 5.92 Å². The minimum Gasteiger partial charge on any atom is -0.490 e. The van der Waals surface area contributed by atoms with Crippen LogP contribution in [0.4, 0.5) is 14.9 Å². The van der Waals surface area contributed by atoms with Gasteiger partial charge in [0.1, 0.15) is 5.60 Å². The highest BCUT2D eigenvalue weighted by Crippen LogP contribution is 2.25. The van der Waals surface area contributed by atoms with Gasteiger partial charge in [0, 0.05) is 25.1 Å². The van der Waals surface area contributed by atoms with E-state index in [9.17, 15) is 19.3 Å². The van der Waals surface area contributed by atoms with Crippen molar-refractivity contribution in [3.63, 3.8) is 0 Å². The molecule has 0 spiro atoms. The SMILES string of the molecule is CC(C)(C)OC(=O)N1CCCC(COc2cc([N+](=O)[O-])ccc2F)C1. The van der Waals surface area contributed by atoms with Gasteiger partial charge >= 0.3 is 6.09 Å². The maximum atomic E-state index is 13.7. The number of nitro groups is 1. The predicted molar refractivity (Wildman–Crippen MR) is 89.1 cm³/mol. The summed E-state index contributed by atoms with van der Waals surface area (Å²) in [6.45, 7) is 6.65. The zero-order valence-corrected chi connectivity index (χ0v) is 14.7. The number of nitro benzene ring substituents is 1. The number of carbonyl (C=O) groups excluding carboxylic acids is 1. The minimum atomic E-state index is -0.648. The van der Waals surface area contributed by atoms with Gasteiger partial charge in [0.15, 0.2) is 11.6 Å². The van der Waals surface area contributed by atoms with Crippen LogP contribution < -0.4 is 4.74 Å². The average Bonchev–Trinajstić information content (AvgIpc) is 2.52. The van der Waals surface area contributed by atoms with Gasteiger partial charge in [-0.1, -0.05) is 0 Å². The Hall–Kier alpha value is -2.38. The minimum absolute atomic E-state index is 0.0138. The highest BCUT2D eigenvalue weighted by atomic mass is 19.1. The molecule has 1 amide bonds. The van der Waals surface area contributed by atoms with Crippen LogP contribution in [-0.4, -0.2) is 41.2 Å². The zero-order chi connectivity index (χ0) is 18.6. The Bertz CT molecular complexity index is 644. The largest absolute Gasteiger partial charge is 0.490 e. The Morgan fingerprint density at radius 2 is 2.16 bits per heavy atom. The number of benzene rings is 1. The van der Waals surface area contributed by atoms with Crippen LogP contribution in [0.15, 0.2) is 18.2 Å². The molecule has 1 aliphatic heterocycles. The molecular formula is C17H23FN2O5. The van der Waals surface area contributed by atoms with Gasteiger partial charge in [-0.2, -0.15) is 0 Å². The quantitative estimate of drug-likeness (QED) is 0.607. The van der Waals surface area contributed by atoms with Crippen LogP contribution in [0.3, 0.4) is 0 Å². The van der Waals surface area contributed by atoms with Crippen molar-refractivity contribution < 1.29 is 23.6 Å².